The van der Waals surface area contributed by atoms with Gasteiger partial charge in [0.2, 0.25) is 0 Å². The number of phenolic OH excluding ortho intramolecular Hbond substituents is 1. The molecule has 2 aromatic carbocycles. The lowest BCUT2D eigenvalue weighted by Gasteiger charge is -2.29. The lowest BCUT2D eigenvalue weighted by molar-refractivity contribution is -0.203. The van der Waals surface area contributed by atoms with Crippen LogP contribution >= 0.6 is 0 Å². The number of carbonyl (C=O) groups excluding carboxylic acids is 1. The van der Waals surface area contributed by atoms with Crippen molar-refractivity contribution in [2.75, 3.05) is 13.2 Å². The van der Waals surface area contributed by atoms with Crippen LogP contribution in [-0.2, 0) is 20.7 Å². The van der Waals surface area contributed by atoms with Gasteiger partial charge in [0.05, 0.1) is 12.2 Å². The number of ether oxygens (including phenoxy) is 3. The van der Waals surface area contributed by atoms with Crippen LogP contribution in [0.4, 0.5) is 0 Å². The molecule has 1 fully saturated rings. The number of aliphatic hydroxyl groups is 2. The van der Waals surface area contributed by atoms with Gasteiger partial charge < -0.3 is 29.5 Å². The summed E-state index contributed by atoms with van der Waals surface area (Å²) in [6.45, 7) is 7.84. The second kappa shape index (κ2) is 11.0. The van der Waals surface area contributed by atoms with E-state index in [1.165, 1.54) is 5.56 Å². The lowest BCUT2D eigenvalue weighted by atomic mass is 9.93. The molecule has 0 radical (unpaired) electrons. The molecule has 180 valence electrons. The van der Waals surface area contributed by atoms with Gasteiger partial charge in [-0.3, -0.25) is 0 Å². The minimum atomic E-state index is -1.04. The molecule has 0 saturated carbocycles. The first kappa shape index (κ1) is 25.0. The molecular weight excluding hydrogens is 424 g/mol. The Morgan fingerprint density at radius 1 is 1.12 bits per heavy atom. The van der Waals surface area contributed by atoms with Gasteiger partial charge in [-0.15, -0.1) is 0 Å². The Labute approximate surface area is 194 Å². The number of hydrogen-bond donors (Lipinski definition) is 3. The minimum Gasteiger partial charge on any atom is -0.508 e. The summed E-state index contributed by atoms with van der Waals surface area (Å²) in [5, 5.41) is 29.3. The van der Waals surface area contributed by atoms with Gasteiger partial charge in [-0.2, -0.15) is 0 Å². The molecule has 0 aliphatic carbocycles. The first-order chi connectivity index (χ1) is 15.6. The lowest BCUT2D eigenvalue weighted by Crippen LogP contribution is -2.38. The van der Waals surface area contributed by atoms with Crippen molar-refractivity contribution < 1.29 is 34.3 Å². The Kier molecular flexibility index (Phi) is 8.35. The van der Waals surface area contributed by atoms with Gasteiger partial charge in [-0.05, 0) is 72.2 Å². The number of aromatic hydroxyl groups is 1. The summed E-state index contributed by atoms with van der Waals surface area (Å²) < 4.78 is 16.1. The topological polar surface area (TPSA) is 105 Å². The highest BCUT2D eigenvalue weighted by atomic mass is 16.6. The smallest absolute Gasteiger partial charge is 0.344 e. The molecular formula is C26H34O7. The fourth-order valence-electron chi connectivity index (χ4n) is 4.14. The Morgan fingerprint density at radius 3 is 2.45 bits per heavy atom. The summed E-state index contributed by atoms with van der Waals surface area (Å²) >= 11 is 0. The van der Waals surface area contributed by atoms with E-state index in [0.717, 1.165) is 28.7 Å². The van der Waals surface area contributed by atoms with Crippen LogP contribution in [0.15, 0.2) is 30.3 Å². The third-order valence-corrected chi connectivity index (χ3v) is 5.91. The average Bonchev–Trinajstić information content (AvgIpc) is 2.73. The highest BCUT2D eigenvalue weighted by molar-refractivity contribution is 5.71. The van der Waals surface area contributed by atoms with Crippen molar-refractivity contribution in [2.24, 2.45) is 0 Å². The van der Waals surface area contributed by atoms with Gasteiger partial charge in [0.25, 0.3) is 0 Å². The maximum absolute atomic E-state index is 12.1. The molecule has 33 heavy (non-hydrogen) atoms. The molecule has 1 aliphatic heterocycles. The van der Waals surface area contributed by atoms with Crippen molar-refractivity contribution in [3.05, 3.63) is 58.1 Å². The van der Waals surface area contributed by atoms with Crippen LogP contribution in [0.25, 0.3) is 0 Å². The first-order valence-corrected chi connectivity index (χ1v) is 11.3. The maximum atomic E-state index is 12.1. The summed E-state index contributed by atoms with van der Waals surface area (Å²) in [7, 11) is 0. The van der Waals surface area contributed by atoms with E-state index in [9.17, 15) is 20.1 Å². The molecule has 0 bridgehead atoms. The summed E-state index contributed by atoms with van der Waals surface area (Å²) in [5.74, 6) is 0.597. The Bertz CT molecular complexity index is 936. The van der Waals surface area contributed by atoms with Crippen molar-refractivity contribution in [3.8, 4) is 11.5 Å². The molecule has 1 aliphatic rings. The number of phenols is 1. The van der Waals surface area contributed by atoms with E-state index >= 15 is 0 Å². The van der Waals surface area contributed by atoms with Gasteiger partial charge >= 0.3 is 5.97 Å². The van der Waals surface area contributed by atoms with E-state index in [1.807, 2.05) is 38.1 Å². The summed E-state index contributed by atoms with van der Waals surface area (Å²) in [5.41, 5.74) is 5.34. The molecule has 1 heterocycles. The van der Waals surface area contributed by atoms with E-state index in [2.05, 4.69) is 13.8 Å². The van der Waals surface area contributed by atoms with E-state index in [4.69, 9.17) is 14.2 Å². The number of esters is 1. The largest absolute Gasteiger partial charge is 0.508 e. The molecule has 0 unspecified atom stereocenters. The molecule has 7 heteroatoms. The predicted octanol–water partition coefficient (Wildman–Crippen LogP) is 3.50. The zero-order chi connectivity index (χ0) is 24.1. The van der Waals surface area contributed by atoms with Crippen molar-refractivity contribution in [3.63, 3.8) is 0 Å². The van der Waals surface area contributed by atoms with Crippen LogP contribution in [0.1, 0.15) is 60.4 Å². The number of benzene rings is 2. The van der Waals surface area contributed by atoms with Crippen LogP contribution < -0.4 is 4.74 Å². The Hall–Kier alpha value is -2.61. The van der Waals surface area contributed by atoms with E-state index in [0.29, 0.717) is 17.9 Å². The van der Waals surface area contributed by atoms with Crippen molar-refractivity contribution in [1.29, 1.82) is 0 Å². The van der Waals surface area contributed by atoms with Crippen LogP contribution in [-0.4, -0.2) is 53.0 Å². The van der Waals surface area contributed by atoms with Gasteiger partial charge in [0.1, 0.15) is 18.1 Å². The Balaban J connectivity index is 1.56. The first-order valence-electron chi connectivity index (χ1n) is 11.3. The second-order valence-corrected chi connectivity index (χ2v) is 9.07. The van der Waals surface area contributed by atoms with Crippen LogP contribution in [0.2, 0.25) is 0 Å². The molecule has 0 amide bonds. The highest BCUT2D eigenvalue weighted by Gasteiger charge is 2.28. The molecule has 3 atom stereocenters. The fraction of sp³-hybridized carbons (Fsp3) is 0.500. The van der Waals surface area contributed by atoms with Crippen molar-refractivity contribution in [1.82, 2.24) is 0 Å². The number of carbonyl (C=O) groups is 1. The molecule has 7 nitrogen and oxygen atoms in total. The number of hydrogen-bond acceptors (Lipinski definition) is 7. The second-order valence-electron chi connectivity index (χ2n) is 9.07. The monoisotopic (exact) mass is 458 g/mol. The van der Waals surface area contributed by atoms with Gasteiger partial charge in [0.15, 0.2) is 12.9 Å². The Morgan fingerprint density at radius 2 is 1.82 bits per heavy atom. The molecule has 0 aromatic heterocycles. The molecule has 0 spiro atoms. The summed E-state index contributed by atoms with van der Waals surface area (Å²) in [6, 6.07) is 9.53. The molecule has 1 saturated heterocycles. The van der Waals surface area contributed by atoms with Gasteiger partial charge in [-0.25, -0.2) is 4.79 Å². The molecule has 3 rings (SSSR count). The fourth-order valence-corrected chi connectivity index (χ4v) is 4.14. The van der Waals surface area contributed by atoms with Crippen LogP contribution in [0.5, 0.6) is 11.5 Å². The van der Waals surface area contributed by atoms with E-state index in [1.54, 1.807) is 6.07 Å². The highest BCUT2D eigenvalue weighted by Crippen LogP contribution is 2.29. The van der Waals surface area contributed by atoms with Crippen molar-refractivity contribution >= 4 is 5.97 Å². The predicted molar refractivity (Wildman–Crippen MR) is 123 cm³/mol. The third-order valence-electron chi connectivity index (χ3n) is 5.91. The summed E-state index contributed by atoms with van der Waals surface area (Å²) in [6.07, 6.45) is -1.04. The van der Waals surface area contributed by atoms with Crippen molar-refractivity contribution in [2.45, 2.75) is 71.4 Å². The maximum Gasteiger partial charge on any atom is 0.344 e. The minimum absolute atomic E-state index is 0.0434. The zero-order valence-electron chi connectivity index (χ0n) is 19.7. The van der Waals surface area contributed by atoms with Gasteiger partial charge in [0, 0.05) is 12.8 Å². The summed E-state index contributed by atoms with van der Waals surface area (Å²) in [4.78, 5) is 12.1. The molecule has 3 N–H and O–H groups in total. The van der Waals surface area contributed by atoms with Gasteiger partial charge in [-0.1, -0.05) is 26.0 Å². The van der Waals surface area contributed by atoms with Crippen LogP contribution in [0.3, 0.4) is 0 Å². The number of rotatable bonds is 8. The third kappa shape index (κ3) is 6.93. The van der Waals surface area contributed by atoms with E-state index in [-0.39, 0.29) is 25.6 Å². The van der Waals surface area contributed by atoms with Crippen LogP contribution in [0, 0.1) is 13.8 Å². The standard InChI is InChI=1S/C26H34O7/c1-15(2)22-9-18(5-6-24(22)28)10-23-16(3)7-20(8-17(23)4)31-14-26(30)32-13-21-11-19(27)12-25(29)33-21/h5-9,15,19,21,25,27-29H,10-14H2,1-4H3/t19-,21-,25+/m0/s1. The SMILES string of the molecule is Cc1cc(OCC(=O)OC[C@@H]2C[C@H](O)C[C@H](O)O2)cc(C)c1Cc1ccc(O)c(C(C)C)c1. The average molecular weight is 459 g/mol. The van der Waals surface area contributed by atoms with E-state index < -0.39 is 24.5 Å². The number of aryl methyl sites for hydroxylation is 2. The number of aliphatic hydroxyl groups excluding tert-OH is 2. The normalized spacial score (nSPS) is 20.6. The quantitative estimate of drug-likeness (QED) is 0.520. The molecule has 2 aromatic rings. The zero-order valence-corrected chi connectivity index (χ0v) is 19.7.